The number of morpholine rings is 1. The highest BCUT2D eigenvalue weighted by Gasteiger charge is 2.36. The molecular formula is C27H28N4O5. The van der Waals surface area contributed by atoms with Crippen molar-refractivity contribution in [1.29, 1.82) is 0 Å². The van der Waals surface area contributed by atoms with Gasteiger partial charge in [0.15, 0.2) is 17.2 Å². The van der Waals surface area contributed by atoms with Crippen molar-refractivity contribution in [2.24, 2.45) is 0 Å². The molecule has 2 amide bonds. The molecule has 0 spiro atoms. The first-order chi connectivity index (χ1) is 17.7. The number of nitrogens with zero attached hydrogens (tertiary/aromatic N) is 4. The molecular weight excluding hydrogens is 460 g/mol. The second-order valence-corrected chi connectivity index (χ2v) is 9.20. The van der Waals surface area contributed by atoms with Crippen molar-refractivity contribution in [2.75, 3.05) is 39.5 Å². The van der Waals surface area contributed by atoms with Gasteiger partial charge < -0.3 is 24.0 Å². The average Bonchev–Trinajstić information content (AvgIpc) is 3.30. The number of aromatic nitrogens is 2. The molecule has 186 valence electrons. The number of fused-ring (bicyclic) bond motifs is 2. The third kappa shape index (κ3) is 4.30. The number of carbonyl (C=O) groups excluding carboxylic acids is 2. The molecule has 9 heteroatoms. The normalized spacial score (nSPS) is 19.1. The molecule has 3 aromatic rings. The molecule has 1 aromatic heterocycles. The fourth-order valence-electron chi connectivity index (χ4n) is 5.00. The zero-order valence-electron chi connectivity index (χ0n) is 20.0. The topological polar surface area (TPSA) is 86.1 Å². The first-order valence-corrected chi connectivity index (χ1v) is 12.3. The van der Waals surface area contributed by atoms with E-state index in [1.807, 2.05) is 41.1 Å². The van der Waals surface area contributed by atoms with Crippen molar-refractivity contribution in [1.82, 2.24) is 19.6 Å². The van der Waals surface area contributed by atoms with Gasteiger partial charge in [-0.25, -0.2) is 0 Å². The number of para-hydroxylation sites is 2. The van der Waals surface area contributed by atoms with Crippen molar-refractivity contribution in [2.45, 2.75) is 25.6 Å². The standard InChI is InChI=1S/C27H28N4O5/c32-26(24-18-35-22-8-4-5-9-23(22)36-24)30-11-10-21-20(17-30)25(27(33)29-12-14-34-15-13-29)28-31(21)16-19-6-2-1-3-7-19/h1-9,24H,10-18H2. The highest BCUT2D eigenvalue weighted by molar-refractivity contribution is 5.94. The molecule has 9 nitrogen and oxygen atoms in total. The van der Waals surface area contributed by atoms with Crippen molar-refractivity contribution >= 4 is 11.8 Å². The molecule has 1 atom stereocenters. The number of hydrogen-bond donors (Lipinski definition) is 0. The Labute approximate surface area is 209 Å². The summed E-state index contributed by atoms with van der Waals surface area (Å²) in [5.74, 6) is 0.958. The van der Waals surface area contributed by atoms with Crippen LogP contribution < -0.4 is 9.47 Å². The zero-order chi connectivity index (χ0) is 24.5. The number of rotatable bonds is 4. The molecule has 3 aliphatic heterocycles. The van der Waals surface area contributed by atoms with E-state index in [0.717, 1.165) is 16.8 Å². The van der Waals surface area contributed by atoms with Gasteiger partial charge in [0.05, 0.1) is 19.8 Å². The summed E-state index contributed by atoms with van der Waals surface area (Å²) in [4.78, 5) is 30.5. The van der Waals surface area contributed by atoms with Gasteiger partial charge in [-0.2, -0.15) is 5.10 Å². The Morgan fingerprint density at radius 2 is 1.67 bits per heavy atom. The summed E-state index contributed by atoms with van der Waals surface area (Å²) in [5.41, 5.74) is 3.36. The third-order valence-corrected chi connectivity index (χ3v) is 6.91. The molecule has 1 fully saturated rings. The van der Waals surface area contributed by atoms with Crippen molar-refractivity contribution in [3.05, 3.63) is 77.1 Å². The van der Waals surface area contributed by atoms with Crippen LogP contribution in [0.15, 0.2) is 54.6 Å². The lowest BCUT2D eigenvalue weighted by Gasteiger charge is -2.33. The van der Waals surface area contributed by atoms with Gasteiger partial charge in [-0.15, -0.1) is 0 Å². The number of carbonyl (C=O) groups is 2. The van der Waals surface area contributed by atoms with Crippen LogP contribution in [-0.2, 0) is 29.0 Å². The molecule has 0 saturated carbocycles. The van der Waals surface area contributed by atoms with Gasteiger partial charge in [-0.3, -0.25) is 14.3 Å². The zero-order valence-corrected chi connectivity index (χ0v) is 20.0. The van der Waals surface area contributed by atoms with Gasteiger partial charge in [0.2, 0.25) is 6.10 Å². The molecule has 0 N–H and O–H groups in total. The Morgan fingerprint density at radius 1 is 0.917 bits per heavy atom. The third-order valence-electron chi connectivity index (χ3n) is 6.91. The summed E-state index contributed by atoms with van der Waals surface area (Å²) >= 11 is 0. The Morgan fingerprint density at radius 3 is 2.47 bits per heavy atom. The van der Waals surface area contributed by atoms with E-state index >= 15 is 0 Å². The molecule has 0 aliphatic carbocycles. The van der Waals surface area contributed by atoms with Gasteiger partial charge in [0.25, 0.3) is 11.8 Å². The summed E-state index contributed by atoms with van der Waals surface area (Å²) in [6.07, 6.45) is -0.110. The van der Waals surface area contributed by atoms with Crippen LogP contribution in [0.2, 0.25) is 0 Å². The highest BCUT2D eigenvalue weighted by Crippen LogP contribution is 2.32. The molecule has 36 heavy (non-hydrogen) atoms. The molecule has 2 aromatic carbocycles. The molecule has 1 saturated heterocycles. The van der Waals surface area contributed by atoms with Gasteiger partial charge in [-0.05, 0) is 17.7 Å². The van der Waals surface area contributed by atoms with E-state index in [1.165, 1.54) is 0 Å². The minimum atomic E-state index is -0.723. The van der Waals surface area contributed by atoms with Crippen molar-refractivity contribution in [3.63, 3.8) is 0 Å². The summed E-state index contributed by atoms with van der Waals surface area (Å²) in [7, 11) is 0. The molecule has 3 aliphatic rings. The molecule has 6 rings (SSSR count). The average molecular weight is 489 g/mol. The van der Waals surface area contributed by atoms with Crippen molar-refractivity contribution < 1.29 is 23.8 Å². The van der Waals surface area contributed by atoms with Crippen LogP contribution in [0, 0.1) is 0 Å². The minimum Gasteiger partial charge on any atom is -0.485 e. The van der Waals surface area contributed by atoms with E-state index < -0.39 is 6.10 Å². The lowest BCUT2D eigenvalue weighted by atomic mass is 10.0. The summed E-state index contributed by atoms with van der Waals surface area (Å²) in [6, 6.07) is 17.4. The van der Waals surface area contributed by atoms with Crippen LogP contribution in [-0.4, -0.2) is 77.0 Å². The SMILES string of the molecule is O=C(c1nn(Cc2ccccc2)c2c1CN(C(=O)C1COc3ccccc3O1)CC2)N1CCOCC1. The van der Waals surface area contributed by atoms with Crippen LogP contribution in [0.25, 0.3) is 0 Å². The van der Waals surface area contributed by atoms with Gasteiger partial charge in [-0.1, -0.05) is 42.5 Å². The highest BCUT2D eigenvalue weighted by atomic mass is 16.6. The Kier molecular flexibility index (Phi) is 6.06. The second-order valence-electron chi connectivity index (χ2n) is 9.20. The predicted octanol–water partition coefficient (Wildman–Crippen LogP) is 2.13. The Bertz CT molecular complexity index is 1270. The molecule has 4 heterocycles. The summed E-state index contributed by atoms with van der Waals surface area (Å²) in [6.45, 7) is 3.68. The van der Waals surface area contributed by atoms with Gasteiger partial charge >= 0.3 is 0 Å². The summed E-state index contributed by atoms with van der Waals surface area (Å²) < 4.78 is 19.1. The first-order valence-electron chi connectivity index (χ1n) is 12.3. The van der Waals surface area contributed by atoms with E-state index in [2.05, 4.69) is 12.1 Å². The van der Waals surface area contributed by atoms with E-state index in [9.17, 15) is 9.59 Å². The monoisotopic (exact) mass is 488 g/mol. The second kappa shape index (κ2) is 9.66. The number of hydrogen-bond acceptors (Lipinski definition) is 6. The smallest absolute Gasteiger partial charge is 0.274 e. The van der Waals surface area contributed by atoms with E-state index in [-0.39, 0.29) is 18.4 Å². The van der Waals surface area contributed by atoms with Crippen LogP contribution in [0.3, 0.4) is 0 Å². The van der Waals surface area contributed by atoms with Gasteiger partial charge in [0.1, 0.15) is 6.61 Å². The number of amides is 2. The lowest BCUT2D eigenvalue weighted by molar-refractivity contribution is -0.142. The Balaban J connectivity index is 1.27. The van der Waals surface area contributed by atoms with Crippen LogP contribution in [0.1, 0.15) is 27.3 Å². The Hall–Kier alpha value is -3.85. The summed E-state index contributed by atoms with van der Waals surface area (Å²) in [5, 5.41) is 4.79. The quantitative estimate of drug-likeness (QED) is 0.559. The van der Waals surface area contributed by atoms with Gasteiger partial charge in [0, 0.05) is 43.9 Å². The van der Waals surface area contributed by atoms with Crippen molar-refractivity contribution in [3.8, 4) is 11.5 Å². The molecule has 1 unspecified atom stereocenters. The van der Waals surface area contributed by atoms with Crippen LogP contribution in [0.5, 0.6) is 11.5 Å². The predicted molar refractivity (Wildman–Crippen MR) is 130 cm³/mol. The fourth-order valence-corrected chi connectivity index (χ4v) is 5.00. The molecule has 0 bridgehead atoms. The van der Waals surface area contributed by atoms with E-state index in [0.29, 0.717) is 69.6 Å². The molecule has 0 radical (unpaired) electrons. The first kappa shape index (κ1) is 22.6. The number of benzene rings is 2. The van der Waals surface area contributed by atoms with E-state index in [1.54, 1.807) is 15.9 Å². The number of ether oxygens (including phenoxy) is 3. The van der Waals surface area contributed by atoms with Crippen LogP contribution in [0.4, 0.5) is 0 Å². The van der Waals surface area contributed by atoms with Crippen LogP contribution >= 0.6 is 0 Å². The largest absolute Gasteiger partial charge is 0.485 e. The lowest BCUT2D eigenvalue weighted by Crippen LogP contribution is -2.48. The minimum absolute atomic E-state index is 0.109. The maximum Gasteiger partial charge on any atom is 0.274 e. The maximum absolute atomic E-state index is 13.5. The van der Waals surface area contributed by atoms with E-state index in [4.69, 9.17) is 19.3 Å². The maximum atomic E-state index is 13.5. The fraction of sp³-hybridized carbons (Fsp3) is 0.370.